The molecule has 6 heteroatoms. The molecule has 0 aliphatic rings. The largest absolute Gasteiger partial charge is 0.416 e. The van der Waals surface area contributed by atoms with Crippen molar-refractivity contribution in [3.8, 4) is 0 Å². The summed E-state index contributed by atoms with van der Waals surface area (Å²) >= 11 is 5.65. The highest BCUT2D eigenvalue weighted by Gasteiger charge is 2.31. The van der Waals surface area contributed by atoms with Gasteiger partial charge in [-0.15, -0.1) is 0 Å². The highest BCUT2D eigenvalue weighted by Crippen LogP contribution is 2.33. The Morgan fingerprint density at radius 3 is 2.41 bits per heavy atom. The van der Waals surface area contributed by atoms with Crippen molar-refractivity contribution in [1.29, 1.82) is 0 Å². The maximum absolute atomic E-state index is 12.5. The molecule has 0 radical (unpaired) electrons. The molecule has 1 aromatic rings. The molecule has 1 atom stereocenters. The third kappa shape index (κ3) is 4.18. The minimum absolute atomic E-state index is 0.0398. The maximum atomic E-state index is 12.5. The first-order valence-corrected chi connectivity index (χ1v) is 5.55. The van der Waals surface area contributed by atoms with Crippen LogP contribution in [-0.2, 0) is 6.18 Å². The van der Waals surface area contributed by atoms with Gasteiger partial charge in [-0.3, -0.25) is 0 Å². The van der Waals surface area contributed by atoms with Crippen molar-refractivity contribution in [2.24, 2.45) is 11.5 Å². The molecular weight excluding hydrogens is 253 g/mol. The zero-order chi connectivity index (χ0) is 13.1. The fourth-order valence-electron chi connectivity index (χ4n) is 1.49. The van der Waals surface area contributed by atoms with Crippen LogP contribution >= 0.6 is 11.6 Å². The lowest BCUT2D eigenvalue weighted by molar-refractivity contribution is -0.137. The Labute approximate surface area is 103 Å². The first-order chi connectivity index (χ1) is 7.84. The Hall–Kier alpha value is -0.780. The van der Waals surface area contributed by atoms with E-state index < -0.39 is 17.8 Å². The Morgan fingerprint density at radius 2 is 1.88 bits per heavy atom. The molecule has 0 spiro atoms. The molecule has 96 valence electrons. The van der Waals surface area contributed by atoms with E-state index in [4.69, 9.17) is 23.1 Å². The number of hydrogen-bond donors (Lipinski definition) is 2. The van der Waals surface area contributed by atoms with Crippen LogP contribution < -0.4 is 11.5 Å². The first kappa shape index (κ1) is 14.3. The van der Waals surface area contributed by atoms with Gasteiger partial charge in [0.25, 0.3) is 0 Å². The number of halogens is 4. The standard InChI is InChI=1S/C11H14ClF3N2/c12-9-5-7(10(17)2-1-3-16)4-8(6-9)11(13,14)15/h4-6,10H,1-3,16-17H2/t10-/m1/s1. The second-order valence-electron chi connectivity index (χ2n) is 3.81. The molecule has 0 fully saturated rings. The molecule has 17 heavy (non-hydrogen) atoms. The fraction of sp³-hybridized carbons (Fsp3) is 0.455. The van der Waals surface area contributed by atoms with Gasteiger partial charge in [0.1, 0.15) is 0 Å². The number of hydrogen-bond acceptors (Lipinski definition) is 2. The molecule has 0 unspecified atom stereocenters. The molecule has 4 N–H and O–H groups in total. The molecule has 0 heterocycles. The monoisotopic (exact) mass is 266 g/mol. The van der Waals surface area contributed by atoms with Gasteiger partial charge in [0.05, 0.1) is 5.56 Å². The molecule has 2 nitrogen and oxygen atoms in total. The quantitative estimate of drug-likeness (QED) is 0.880. The lowest BCUT2D eigenvalue weighted by Gasteiger charge is -2.15. The van der Waals surface area contributed by atoms with Crippen molar-refractivity contribution in [3.63, 3.8) is 0 Å². The van der Waals surface area contributed by atoms with E-state index in [0.29, 0.717) is 24.9 Å². The summed E-state index contributed by atoms with van der Waals surface area (Å²) in [6, 6.07) is 2.91. The van der Waals surface area contributed by atoms with Gasteiger partial charge in [0.2, 0.25) is 0 Å². The third-order valence-corrected chi connectivity index (χ3v) is 2.61. The second kappa shape index (κ2) is 5.71. The summed E-state index contributed by atoms with van der Waals surface area (Å²) in [5.41, 5.74) is 10.7. The number of benzene rings is 1. The van der Waals surface area contributed by atoms with E-state index in [1.165, 1.54) is 6.07 Å². The van der Waals surface area contributed by atoms with Gasteiger partial charge in [-0.1, -0.05) is 11.6 Å². The van der Waals surface area contributed by atoms with E-state index in [2.05, 4.69) is 0 Å². The van der Waals surface area contributed by atoms with Crippen LogP contribution in [0, 0.1) is 0 Å². The molecule has 1 rings (SSSR count). The van der Waals surface area contributed by atoms with Gasteiger partial charge in [-0.05, 0) is 43.1 Å². The van der Waals surface area contributed by atoms with Crippen LogP contribution in [0.3, 0.4) is 0 Å². The number of nitrogens with two attached hydrogens (primary N) is 2. The lowest BCUT2D eigenvalue weighted by Crippen LogP contribution is -2.14. The Morgan fingerprint density at radius 1 is 1.24 bits per heavy atom. The van der Waals surface area contributed by atoms with Gasteiger partial charge in [-0.2, -0.15) is 13.2 Å². The Bertz CT molecular complexity index is 379. The van der Waals surface area contributed by atoms with E-state index in [1.54, 1.807) is 0 Å². The van der Waals surface area contributed by atoms with Crippen LogP contribution in [0.1, 0.15) is 30.0 Å². The Kier molecular flexibility index (Phi) is 4.80. The molecule has 0 aliphatic carbocycles. The van der Waals surface area contributed by atoms with Crippen molar-refractivity contribution in [2.75, 3.05) is 6.54 Å². The molecule has 0 aromatic heterocycles. The summed E-state index contributed by atoms with van der Waals surface area (Å²) in [6.07, 6.45) is -3.21. The van der Waals surface area contributed by atoms with Crippen molar-refractivity contribution in [2.45, 2.75) is 25.1 Å². The van der Waals surface area contributed by atoms with E-state index >= 15 is 0 Å². The zero-order valence-electron chi connectivity index (χ0n) is 9.10. The maximum Gasteiger partial charge on any atom is 0.416 e. The molecule has 0 bridgehead atoms. The predicted molar refractivity (Wildman–Crippen MR) is 61.7 cm³/mol. The summed E-state index contributed by atoms with van der Waals surface area (Å²) in [7, 11) is 0. The van der Waals surface area contributed by atoms with Gasteiger partial charge in [0, 0.05) is 11.1 Å². The summed E-state index contributed by atoms with van der Waals surface area (Å²) in [6.45, 7) is 0.459. The normalized spacial score (nSPS) is 13.8. The predicted octanol–water partition coefficient (Wildman–Crippen LogP) is 3.10. The van der Waals surface area contributed by atoms with Crippen molar-refractivity contribution < 1.29 is 13.2 Å². The van der Waals surface area contributed by atoms with E-state index in [0.717, 1.165) is 12.1 Å². The van der Waals surface area contributed by atoms with Crippen molar-refractivity contribution in [1.82, 2.24) is 0 Å². The topological polar surface area (TPSA) is 52.0 Å². The first-order valence-electron chi connectivity index (χ1n) is 5.18. The average molecular weight is 267 g/mol. The lowest BCUT2D eigenvalue weighted by atomic mass is 10.0. The second-order valence-corrected chi connectivity index (χ2v) is 4.24. The van der Waals surface area contributed by atoms with Gasteiger partial charge in [-0.25, -0.2) is 0 Å². The fourth-order valence-corrected chi connectivity index (χ4v) is 1.74. The molecular formula is C11H14ClF3N2. The average Bonchev–Trinajstić information content (AvgIpc) is 2.23. The molecule has 0 aliphatic heterocycles. The third-order valence-electron chi connectivity index (χ3n) is 2.39. The van der Waals surface area contributed by atoms with Crippen LogP contribution in [0.4, 0.5) is 13.2 Å². The van der Waals surface area contributed by atoms with Crippen LogP contribution in [0.2, 0.25) is 5.02 Å². The SMILES string of the molecule is NCCC[C@@H](N)c1cc(Cl)cc(C(F)(F)F)c1. The van der Waals surface area contributed by atoms with E-state index in [9.17, 15) is 13.2 Å². The summed E-state index contributed by atoms with van der Waals surface area (Å²) in [5.74, 6) is 0. The zero-order valence-corrected chi connectivity index (χ0v) is 9.85. The van der Waals surface area contributed by atoms with Gasteiger partial charge < -0.3 is 11.5 Å². The minimum atomic E-state index is -4.41. The number of alkyl halides is 3. The van der Waals surface area contributed by atoms with Crippen molar-refractivity contribution in [3.05, 3.63) is 34.3 Å². The summed E-state index contributed by atoms with van der Waals surface area (Å²) in [5, 5.41) is 0.0398. The number of rotatable bonds is 4. The Balaban J connectivity index is 2.97. The molecule has 0 saturated carbocycles. The highest BCUT2D eigenvalue weighted by molar-refractivity contribution is 6.30. The smallest absolute Gasteiger partial charge is 0.330 e. The molecule has 0 amide bonds. The van der Waals surface area contributed by atoms with Crippen LogP contribution in [0.5, 0.6) is 0 Å². The van der Waals surface area contributed by atoms with Gasteiger partial charge in [0.15, 0.2) is 0 Å². The van der Waals surface area contributed by atoms with Crippen LogP contribution in [0.25, 0.3) is 0 Å². The van der Waals surface area contributed by atoms with Gasteiger partial charge >= 0.3 is 6.18 Å². The van der Waals surface area contributed by atoms with Crippen molar-refractivity contribution >= 4 is 11.6 Å². The minimum Gasteiger partial charge on any atom is -0.330 e. The van der Waals surface area contributed by atoms with Crippen LogP contribution in [-0.4, -0.2) is 6.54 Å². The molecule has 1 aromatic carbocycles. The van der Waals surface area contributed by atoms with Crippen LogP contribution in [0.15, 0.2) is 18.2 Å². The van der Waals surface area contributed by atoms with E-state index in [1.807, 2.05) is 0 Å². The molecule has 0 saturated heterocycles. The summed E-state index contributed by atoms with van der Waals surface area (Å²) < 4.78 is 37.6. The van der Waals surface area contributed by atoms with E-state index in [-0.39, 0.29) is 5.02 Å². The summed E-state index contributed by atoms with van der Waals surface area (Å²) in [4.78, 5) is 0. The highest BCUT2D eigenvalue weighted by atomic mass is 35.5.